The summed E-state index contributed by atoms with van der Waals surface area (Å²) in [6.45, 7) is 6.70. The molecule has 0 unspecified atom stereocenters. The summed E-state index contributed by atoms with van der Waals surface area (Å²) in [4.78, 5) is 4.93. The Balaban J connectivity index is 0.00000625. The zero-order chi connectivity index (χ0) is 56.8. The van der Waals surface area contributed by atoms with Crippen LogP contribution in [-0.4, -0.2) is 26.6 Å². The van der Waals surface area contributed by atoms with Crippen molar-refractivity contribution in [1.29, 1.82) is 0 Å². The van der Waals surface area contributed by atoms with Gasteiger partial charge in [-0.05, 0) is 94.7 Å². The number of hydrogen-bond acceptors (Lipinski definition) is 2. The fraction of sp³-hybridized carbons (Fsp3) is 0.0513. The monoisotopic (exact) mass is 1300 g/mol. The first-order valence-electron chi connectivity index (χ1n) is 29.0. The summed E-state index contributed by atoms with van der Waals surface area (Å²) in [6, 6.07) is 107. The Morgan fingerprint density at radius 1 is 0.453 bits per heavy atom. The van der Waals surface area contributed by atoms with E-state index in [9.17, 15) is 0 Å². The SMILES string of the molecule is CC(C)(C)c1ccnc(-n2c3[c-]c(Oc4[c-]c(-n5[c-][n+]6c7c(-c8ccccc8)cccc7c7cc([Si](c8ccccc8)(c8ccccc8)c8ccccc8)ccc7c7ccccc7n7c8ccccc8c5c76)ccc4)ccc3c3ccccc32)c1.[Pt]. The minimum Gasteiger partial charge on any atom is -0.510 e. The van der Waals surface area contributed by atoms with Gasteiger partial charge in [0.2, 0.25) is 0 Å². The standard InChI is InChI=1S/C78H55N5OSi.Pt/c1-78(2,3)54-46-47-79-74(48-54)82-70-39-19-17-35-65(70)66-44-42-57(50-73(66)82)84-56-27-22-26-55(49-56)80-52-81-75-62(53-24-8-4-9-25-53)37-23-38-67(75)69-51-61(85(58-28-10-5-11-29-58,59-30-12-6-13-31-59)60-32-14-7-15-33-60)43-45-63(69)64-34-16-20-40-71(64)83-72-41-21-18-36-68(72)76(80)77(81)83;/h4-48,51H,1-3H3;/q-2;. The molecule has 0 aliphatic heterocycles. The number of hydrogen-bond donors (Lipinski definition) is 0. The Morgan fingerprint density at radius 3 is 1.69 bits per heavy atom. The number of nitrogens with zero attached hydrogens (tertiary/aromatic N) is 5. The Bertz CT molecular complexity index is 5220. The van der Waals surface area contributed by atoms with Gasteiger partial charge in [0.15, 0.2) is 20.0 Å². The average Bonchev–Trinajstić information content (AvgIpc) is 1.73. The molecule has 5 aromatic heterocycles. The fourth-order valence-corrected chi connectivity index (χ4v) is 18.2. The maximum absolute atomic E-state index is 6.89. The molecule has 0 saturated heterocycles. The second kappa shape index (κ2) is 21.0. The van der Waals surface area contributed by atoms with Crippen LogP contribution < -0.4 is 29.9 Å². The quantitative estimate of drug-likeness (QED) is 0.0625. The molecule has 11 aromatic carbocycles. The van der Waals surface area contributed by atoms with Gasteiger partial charge in [-0.25, -0.2) is 4.98 Å². The van der Waals surface area contributed by atoms with Crippen LogP contribution in [0.3, 0.4) is 0 Å². The molecule has 0 aliphatic rings. The molecule has 0 saturated carbocycles. The first-order chi connectivity index (χ1) is 41.8. The number of benzene rings is 11. The maximum atomic E-state index is 6.89. The third-order valence-electron chi connectivity index (χ3n) is 17.2. The van der Waals surface area contributed by atoms with Gasteiger partial charge in [0.05, 0.1) is 16.6 Å². The van der Waals surface area contributed by atoms with Crippen LogP contribution in [0.25, 0.3) is 99.1 Å². The van der Waals surface area contributed by atoms with Gasteiger partial charge < -0.3 is 13.9 Å². The molecule has 0 bridgehead atoms. The van der Waals surface area contributed by atoms with Gasteiger partial charge >= 0.3 is 0 Å². The van der Waals surface area contributed by atoms with Crippen molar-refractivity contribution in [3.05, 3.63) is 303 Å². The number of para-hydroxylation sites is 4. The van der Waals surface area contributed by atoms with Gasteiger partial charge in [0.25, 0.3) is 0 Å². The van der Waals surface area contributed by atoms with Gasteiger partial charge in [-0.1, -0.05) is 244 Å². The molecule has 414 valence electrons. The number of imidazole rings is 1. The molecule has 0 radical (unpaired) electrons. The number of ether oxygens (including phenoxy) is 1. The van der Waals surface area contributed by atoms with E-state index in [2.05, 4.69) is 312 Å². The molecule has 16 aromatic rings. The molecule has 16 rings (SSSR count). The zero-order valence-electron chi connectivity index (χ0n) is 47.5. The van der Waals surface area contributed by atoms with Crippen molar-refractivity contribution in [2.24, 2.45) is 0 Å². The topological polar surface area (TPSA) is 40.5 Å². The van der Waals surface area contributed by atoms with Crippen molar-refractivity contribution in [3.8, 4) is 34.1 Å². The van der Waals surface area contributed by atoms with Crippen LogP contribution in [-0.2, 0) is 26.5 Å². The predicted molar refractivity (Wildman–Crippen MR) is 352 cm³/mol. The average molecular weight is 1300 g/mol. The molecule has 6 nitrogen and oxygen atoms in total. The van der Waals surface area contributed by atoms with Gasteiger partial charge in [-0.15, -0.1) is 29.7 Å². The van der Waals surface area contributed by atoms with E-state index in [0.717, 1.165) is 99.1 Å². The van der Waals surface area contributed by atoms with Crippen molar-refractivity contribution >= 4 is 105 Å². The maximum Gasteiger partial charge on any atom is 0.196 e. The van der Waals surface area contributed by atoms with E-state index in [1.165, 1.54) is 26.3 Å². The predicted octanol–water partition coefficient (Wildman–Crippen LogP) is 15.7. The van der Waals surface area contributed by atoms with Gasteiger partial charge in [0.1, 0.15) is 11.3 Å². The van der Waals surface area contributed by atoms with Crippen LogP contribution in [0, 0.1) is 18.5 Å². The summed E-state index contributed by atoms with van der Waals surface area (Å²) in [5.74, 6) is 1.96. The Morgan fingerprint density at radius 2 is 1.01 bits per heavy atom. The van der Waals surface area contributed by atoms with E-state index in [1.54, 1.807) is 0 Å². The summed E-state index contributed by atoms with van der Waals surface area (Å²) in [5.41, 5.74) is 11.2. The van der Waals surface area contributed by atoms with E-state index in [-0.39, 0.29) is 26.5 Å². The molecule has 0 aliphatic carbocycles. The number of fused-ring (bicyclic) bond motifs is 13. The van der Waals surface area contributed by atoms with Crippen molar-refractivity contribution < 1.29 is 30.2 Å². The number of rotatable bonds is 9. The van der Waals surface area contributed by atoms with E-state index < -0.39 is 8.07 Å². The third kappa shape index (κ3) is 8.40. The second-order valence-corrected chi connectivity index (χ2v) is 26.9. The molecule has 8 heteroatoms. The number of pyridine rings is 1. The van der Waals surface area contributed by atoms with E-state index >= 15 is 0 Å². The summed E-state index contributed by atoms with van der Waals surface area (Å²) >= 11 is 0. The molecule has 86 heavy (non-hydrogen) atoms. The van der Waals surface area contributed by atoms with Gasteiger partial charge in [0, 0.05) is 55.1 Å². The van der Waals surface area contributed by atoms with Crippen LogP contribution >= 0.6 is 0 Å². The molecule has 0 fully saturated rings. The van der Waals surface area contributed by atoms with Crippen molar-refractivity contribution in [2.75, 3.05) is 0 Å². The fourth-order valence-electron chi connectivity index (χ4n) is 13.4. The Labute approximate surface area is 514 Å². The van der Waals surface area contributed by atoms with Crippen LogP contribution in [0.1, 0.15) is 26.3 Å². The summed E-state index contributed by atoms with van der Waals surface area (Å²) in [7, 11) is -3.00. The van der Waals surface area contributed by atoms with Crippen molar-refractivity contribution in [3.63, 3.8) is 0 Å². The molecule has 0 amide bonds. The Hall–Kier alpha value is -9.91. The molecular formula is C78H55N5OPtSi-2. The normalized spacial score (nSPS) is 12.0. The zero-order valence-corrected chi connectivity index (χ0v) is 50.8. The van der Waals surface area contributed by atoms with Gasteiger partial charge in [-0.2, -0.15) is 18.2 Å². The molecular weight excluding hydrogens is 1250 g/mol. The van der Waals surface area contributed by atoms with Crippen LogP contribution in [0.15, 0.2) is 279 Å². The minimum absolute atomic E-state index is 0. The van der Waals surface area contributed by atoms with E-state index in [0.29, 0.717) is 11.5 Å². The second-order valence-electron chi connectivity index (χ2n) is 23.1. The van der Waals surface area contributed by atoms with Crippen molar-refractivity contribution in [1.82, 2.24) is 18.5 Å². The molecule has 0 N–H and O–H groups in total. The third-order valence-corrected chi connectivity index (χ3v) is 22.0. The molecule has 5 heterocycles. The minimum atomic E-state index is -3.00. The largest absolute Gasteiger partial charge is 0.510 e. The van der Waals surface area contributed by atoms with E-state index in [1.807, 2.05) is 24.4 Å². The van der Waals surface area contributed by atoms with E-state index in [4.69, 9.17) is 9.72 Å². The smallest absolute Gasteiger partial charge is 0.196 e. The first kappa shape index (κ1) is 52.9. The van der Waals surface area contributed by atoms with Crippen LogP contribution in [0.2, 0.25) is 0 Å². The summed E-state index contributed by atoms with van der Waals surface area (Å²) in [6.07, 6.45) is 5.96. The number of aromatic nitrogens is 5. The summed E-state index contributed by atoms with van der Waals surface area (Å²) in [5, 5.41) is 13.0. The van der Waals surface area contributed by atoms with Crippen LogP contribution in [0.4, 0.5) is 0 Å². The van der Waals surface area contributed by atoms with Crippen molar-refractivity contribution in [2.45, 2.75) is 26.2 Å². The van der Waals surface area contributed by atoms with Gasteiger partial charge in [-0.3, -0.25) is 8.80 Å². The van der Waals surface area contributed by atoms with Crippen LogP contribution in [0.5, 0.6) is 11.5 Å². The summed E-state index contributed by atoms with van der Waals surface area (Å²) < 4.78 is 16.1. The molecule has 0 spiro atoms. The molecule has 0 atom stereocenters. The first-order valence-corrected chi connectivity index (χ1v) is 31.0. The Kier molecular flexibility index (Phi) is 12.9.